The number of aromatic nitrogens is 2. The normalized spacial score (nSPS) is 18.9. The lowest BCUT2D eigenvalue weighted by molar-refractivity contribution is -0.136. The van der Waals surface area contributed by atoms with Crippen molar-refractivity contribution in [2.45, 2.75) is 84.3 Å². The molecule has 0 radical (unpaired) electrons. The Labute approximate surface area is 265 Å². The number of anilines is 1. The van der Waals surface area contributed by atoms with Gasteiger partial charge in [-0.15, -0.1) is 0 Å². The van der Waals surface area contributed by atoms with Gasteiger partial charge in [0.25, 0.3) is 0 Å². The number of rotatable bonds is 12. The molecule has 242 valence electrons. The third-order valence-corrected chi connectivity index (χ3v) is 8.97. The molecule has 0 saturated carbocycles. The summed E-state index contributed by atoms with van der Waals surface area (Å²) in [4.78, 5) is 32.3. The Hall–Kier alpha value is -3.63. The van der Waals surface area contributed by atoms with Gasteiger partial charge in [-0.3, -0.25) is 9.59 Å². The van der Waals surface area contributed by atoms with E-state index in [0.717, 1.165) is 56.2 Å². The number of hydrogen-bond donors (Lipinski definition) is 3. The maximum absolute atomic E-state index is 14.5. The van der Waals surface area contributed by atoms with Gasteiger partial charge in [0.15, 0.2) is 5.82 Å². The minimum Gasteiger partial charge on any atom is -0.342 e. The molecule has 1 aliphatic carbocycles. The van der Waals surface area contributed by atoms with E-state index in [1.165, 1.54) is 6.07 Å². The minimum atomic E-state index is -0.550. The molecule has 1 saturated heterocycles. The molecule has 2 unspecified atom stereocenters. The average molecular weight is 621 g/mol. The summed E-state index contributed by atoms with van der Waals surface area (Å²) >= 11 is 0. The van der Waals surface area contributed by atoms with Crippen LogP contribution < -0.4 is 16.0 Å². The number of piperidine rings is 1. The first-order chi connectivity index (χ1) is 21.7. The van der Waals surface area contributed by atoms with Crippen molar-refractivity contribution in [3.8, 4) is 5.69 Å². The Morgan fingerprint density at radius 2 is 1.96 bits per heavy atom. The summed E-state index contributed by atoms with van der Waals surface area (Å²) in [6.45, 7) is 9.10. The summed E-state index contributed by atoms with van der Waals surface area (Å²) in [6.07, 6.45) is 8.79. The molecular formula is C35H46F2N6O2. The number of likely N-dealkylation sites (tertiary alicyclic amines) is 1. The number of amides is 2. The van der Waals surface area contributed by atoms with Crippen LogP contribution >= 0.6 is 0 Å². The molecule has 8 nitrogen and oxygen atoms in total. The smallest absolute Gasteiger partial charge is 0.242 e. The lowest BCUT2D eigenvalue weighted by Crippen LogP contribution is -2.48. The number of carbonyl (C=O) groups excluding carboxylic acids is 2. The second-order valence-corrected chi connectivity index (χ2v) is 12.8. The van der Waals surface area contributed by atoms with Gasteiger partial charge in [-0.05, 0) is 79.8 Å². The summed E-state index contributed by atoms with van der Waals surface area (Å²) < 4.78 is 30.0. The highest BCUT2D eigenvalue weighted by molar-refractivity contribution is 5.94. The maximum Gasteiger partial charge on any atom is 0.242 e. The Morgan fingerprint density at radius 1 is 1.13 bits per heavy atom. The van der Waals surface area contributed by atoms with E-state index in [2.05, 4.69) is 27.0 Å². The van der Waals surface area contributed by atoms with Crippen LogP contribution in [-0.4, -0.2) is 58.0 Å². The summed E-state index contributed by atoms with van der Waals surface area (Å²) in [6, 6.07) is 9.91. The molecule has 0 bridgehead atoms. The van der Waals surface area contributed by atoms with E-state index in [1.807, 2.05) is 54.6 Å². The number of para-hydroxylation sites is 1. The highest BCUT2D eigenvalue weighted by atomic mass is 19.1. The molecule has 3 aromatic rings. The first-order valence-electron chi connectivity index (χ1n) is 16.4. The highest BCUT2D eigenvalue weighted by Crippen LogP contribution is 2.26. The average Bonchev–Trinajstić information content (AvgIpc) is 3.49. The molecule has 45 heavy (non-hydrogen) atoms. The van der Waals surface area contributed by atoms with Gasteiger partial charge in [0, 0.05) is 37.7 Å². The van der Waals surface area contributed by atoms with Crippen LogP contribution in [0.1, 0.15) is 69.6 Å². The summed E-state index contributed by atoms with van der Waals surface area (Å²) in [5.41, 5.74) is 3.32. The van der Waals surface area contributed by atoms with E-state index in [4.69, 9.17) is 0 Å². The zero-order valence-corrected chi connectivity index (χ0v) is 26.6. The van der Waals surface area contributed by atoms with Gasteiger partial charge in [-0.25, -0.2) is 13.8 Å². The molecule has 1 fully saturated rings. The van der Waals surface area contributed by atoms with Gasteiger partial charge in [0.2, 0.25) is 11.8 Å². The van der Waals surface area contributed by atoms with Crippen molar-refractivity contribution in [3.05, 3.63) is 77.2 Å². The zero-order chi connectivity index (χ0) is 31.9. The fraction of sp³-hybridized carbons (Fsp3) is 0.514. The number of aryl methyl sites for hydroxylation is 1. The van der Waals surface area contributed by atoms with Crippen LogP contribution in [0.25, 0.3) is 5.69 Å². The van der Waals surface area contributed by atoms with Crippen molar-refractivity contribution >= 4 is 17.6 Å². The van der Waals surface area contributed by atoms with Crippen LogP contribution in [-0.2, 0) is 29.0 Å². The van der Waals surface area contributed by atoms with Crippen molar-refractivity contribution in [3.63, 3.8) is 0 Å². The van der Waals surface area contributed by atoms with Crippen LogP contribution in [0, 0.1) is 23.5 Å². The van der Waals surface area contributed by atoms with Gasteiger partial charge in [0.1, 0.15) is 18.0 Å². The molecule has 0 spiro atoms. The largest absolute Gasteiger partial charge is 0.342 e. The van der Waals surface area contributed by atoms with Crippen LogP contribution in [0.3, 0.4) is 0 Å². The monoisotopic (exact) mass is 620 g/mol. The predicted octanol–water partition coefficient (Wildman–Crippen LogP) is 5.39. The molecule has 1 aromatic heterocycles. The second kappa shape index (κ2) is 15.1. The molecule has 3 N–H and O–H groups in total. The number of carbonyl (C=O) groups is 2. The second-order valence-electron chi connectivity index (χ2n) is 12.8. The maximum atomic E-state index is 14.5. The van der Waals surface area contributed by atoms with E-state index >= 15 is 0 Å². The Morgan fingerprint density at radius 3 is 2.76 bits per heavy atom. The molecule has 2 heterocycles. The lowest BCUT2D eigenvalue weighted by Gasteiger charge is -2.34. The molecule has 10 heteroatoms. The fourth-order valence-corrected chi connectivity index (χ4v) is 6.64. The Balaban J connectivity index is 1.17. The standard InChI is InChI=1S/C35H46F2N6O2/c1-4-8-31(40-28-13-12-25-15-27(36)16-30(37)29(25)17-28)34(44)41-33-21-43(22-39-33)32-11-6-5-10-26(32)19-38-18-24-9-7-14-42(20-24)35(45)23(2)3/h5-6,10-11,15-16,21-24,28,31,38,40H,4,7-9,12-14,17-20H2,1-3H3,(H,41,44)/t24?,28-,31?/m0/s1. The van der Waals surface area contributed by atoms with Crippen LogP contribution in [0.5, 0.6) is 0 Å². The van der Waals surface area contributed by atoms with Gasteiger partial charge in [-0.2, -0.15) is 0 Å². The SMILES string of the molecule is CCCC(N[C@H]1CCc2cc(F)cc(F)c2C1)C(=O)Nc1cn(-c2ccccc2CNCC2CCCN(C(=O)C(C)C)C2)cn1. The third kappa shape index (κ3) is 8.35. The van der Waals surface area contributed by atoms with Crippen LogP contribution in [0.2, 0.25) is 0 Å². The van der Waals surface area contributed by atoms with E-state index < -0.39 is 17.7 Å². The van der Waals surface area contributed by atoms with Crippen molar-refractivity contribution < 1.29 is 18.4 Å². The number of imidazole rings is 1. The quantitative estimate of drug-likeness (QED) is 0.253. The molecule has 2 aromatic carbocycles. The number of halogens is 2. The molecule has 1 aliphatic heterocycles. The van der Waals surface area contributed by atoms with Gasteiger partial charge < -0.3 is 25.4 Å². The minimum absolute atomic E-state index is 0.0245. The van der Waals surface area contributed by atoms with Crippen molar-refractivity contribution in [1.82, 2.24) is 25.1 Å². The van der Waals surface area contributed by atoms with Crippen molar-refractivity contribution in [1.29, 1.82) is 0 Å². The van der Waals surface area contributed by atoms with Crippen LogP contribution in [0.15, 0.2) is 48.9 Å². The van der Waals surface area contributed by atoms with Crippen LogP contribution in [0.4, 0.5) is 14.6 Å². The number of fused-ring (bicyclic) bond motifs is 1. The summed E-state index contributed by atoms with van der Waals surface area (Å²) in [5, 5.41) is 10.00. The molecule has 5 rings (SSSR count). The number of nitrogens with zero attached hydrogens (tertiary/aromatic N) is 3. The lowest BCUT2D eigenvalue weighted by atomic mass is 9.87. The highest BCUT2D eigenvalue weighted by Gasteiger charge is 2.28. The van der Waals surface area contributed by atoms with Gasteiger partial charge >= 0.3 is 0 Å². The molecule has 2 amide bonds. The van der Waals surface area contributed by atoms with Gasteiger partial charge in [-0.1, -0.05) is 45.4 Å². The Bertz CT molecular complexity index is 1470. The van der Waals surface area contributed by atoms with E-state index in [0.29, 0.717) is 55.1 Å². The van der Waals surface area contributed by atoms with E-state index in [-0.39, 0.29) is 23.8 Å². The Kier molecular flexibility index (Phi) is 11.0. The zero-order valence-electron chi connectivity index (χ0n) is 26.6. The molecule has 2 aliphatic rings. The number of benzene rings is 2. The summed E-state index contributed by atoms with van der Waals surface area (Å²) in [7, 11) is 0. The van der Waals surface area contributed by atoms with Crippen molar-refractivity contribution in [2.75, 3.05) is 25.0 Å². The predicted molar refractivity (Wildman–Crippen MR) is 172 cm³/mol. The topological polar surface area (TPSA) is 91.3 Å². The fourth-order valence-electron chi connectivity index (χ4n) is 6.64. The number of nitrogens with one attached hydrogen (secondary N) is 3. The summed E-state index contributed by atoms with van der Waals surface area (Å²) in [5.74, 6) is -0.107. The van der Waals surface area contributed by atoms with E-state index in [9.17, 15) is 18.4 Å². The first kappa shape index (κ1) is 32.8. The molecule has 3 atom stereocenters. The van der Waals surface area contributed by atoms with Crippen molar-refractivity contribution in [2.24, 2.45) is 11.8 Å². The first-order valence-corrected chi connectivity index (χ1v) is 16.4. The number of hydrogen-bond acceptors (Lipinski definition) is 5. The molecular weight excluding hydrogens is 574 g/mol. The van der Waals surface area contributed by atoms with E-state index in [1.54, 1.807) is 6.33 Å². The third-order valence-electron chi connectivity index (χ3n) is 8.97. The van der Waals surface area contributed by atoms with Gasteiger partial charge in [0.05, 0.1) is 17.9 Å².